The molecule has 0 aromatic heterocycles. The van der Waals surface area contributed by atoms with Gasteiger partial charge in [0.1, 0.15) is 0 Å². The second-order valence-electron chi connectivity index (χ2n) is 5.76. The molecule has 2 fully saturated rings. The zero-order chi connectivity index (χ0) is 11.4. The Labute approximate surface area is 99.1 Å². The van der Waals surface area contributed by atoms with Crippen molar-refractivity contribution in [2.24, 2.45) is 23.0 Å². The first-order valence-corrected chi connectivity index (χ1v) is 6.74. The summed E-state index contributed by atoms with van der Waals surface area (Å²) in [5, 5.41) is 3.63. The third kappa shape index (κ3) is 3.19. The minimum atomic E-state index is 0.307. The molecule has 1 atom stereocenters. The normalized spacial score (nSPS) is 26.6. The smallest absolute Gasteiger partial charge is 0.0472 e. The highest BCUT2D eigenvalue weighted by Gasteiger charge is 2.32. The van der Waals surface area contributed by atoms with E-state index in [1.54, 1.807) is 0 Å². The van der Waals surface area contributed by atoms with E-state index in [0.717, 1.165) is 57.5 Å². The SMILES string of the molecule is CC(CNCC1(CN)CCOCC1)C1CC1. The third-order valence-corrected chi connectivity index (χ3v) is 4.38. The van der Waals surface area contributed by atoms with Crippen LogP contribution in [0, 0.1) is 17.3 Å². The molecule has 0 radical (unpaired) electrons. The molecule has 1 aliphatic heterocycles. The van der Waals surface area contributed by atoms with Crippen LogP contribution in [0.5, 0.6) is 0 Å². The van der Waals surface area contributed by atoms with Gasteiger partial charge >= 0.3 is 0 Å². The van der Waals surface area contributed by atoms with Gasteiger partial charge in [0.15, 0.2) is 0 Å². The van der Waals surface area contributed by atoms with Crippen LogP contribution in [-0.2, 0) is 4.74 Å². The van der Waals surface area contributed by atoms with E-state index in [9.17, 15) is 0 Å². The van der Waals surface area contributed by atoms with Crippen molar-refractivity contribution in [3.8, 4) is 0 Å². The summed E-state index contributed by atoms with van der Waals surface area (Å²) < 4.78 is 5.42. The fourth-order valence-corrected chi connectivity index (χ4v) is 2.65. The Morgan fingerprint density at radius 1 is 1.38 bits per heavy atom. The van der Waals surface area contributed by atoms with Gasteiger partial charge in [0.25, 0.3) is 0 Å². The van der Waals surface area contributed by atoms with Crippen molar-refractivity contribution in [1.29, 1.82) is 0 Å². The maximum absolute atomic E-state index is 5.93. The fraction of sp³-hybridized carbons (Fsp3) is 1.00. The zero-order valence-electron chi connectivity index (χ0n) is 10.5. The van der Waals surface area contributed by atoms with Crippen LogP contribution < -0.4 is 11.1 Å². The molecule has 0 bridgehead atoms. The molecule has 3 heteroatoms. The van der Waals surface area contributed by atoms with Gasteiger partial charge < -0.3 is 15.8 Å². The summed E-state index contributed by atoms with van der Waals surface area (Å²) in [6.07, 6.45) is 5.13. The molecule has 0 spiro atoms. The van der Waals surface area contributed by atoms with Crippen molar-refractivity contribution in [2.45, 2.75) is 32.6 Å². The Hall–Kier alpha value is -0.120. The molecule has 16 heavy (non-hydrogen) atoms. The molecule has 1 aliphatic carbocycles. The molecule has 0 aromatic carbocycles. The lowest BCUT2D eigenvalue weighted by Gasteiger charge is -2.36. The summed E-state index contributed by atoms with van der Waals surface area (Å²) in [4.78, 5) is 0. The molecule has 0 aromatic rings. The predicted octanol–water partition coefficient (Wildman–Crippen LogP) is 1.38. The van der Waals surface area contributed by atoms with Gasteiger partial charge in [-0.15, -0.1) is 0 Å². The quantitative estimate of drug-likeness (QED) is 0.719. The molecule has 2 rings (SSSR count). The standard InChI is InChI=1S/C13H26N2O/c1-11(12-2-3-12)8-15-10-13(9-14)4-6-16-7-5-13/h11-12,15H,2-10,14H2,1H3. The van der Waals surface area contributed by atoms with Gasteiger partial charge in [-0.05, 0) is 56.0 Å². The Balaban J connectivity index is 1.69. The first-order chi connectivity index (χ1) is 7.76. The van der Waals surface area contributed by atoms with Crippen LogP contribution in [0.1, 0.15) is 32.6 Å². The minimum absolute atomic E-state index is 0.307. The lowest BCUT2D eigenvalue weighted by Crippen LogP contribution is -2.45. The largest absolute Gasteiger partial charge is 0.381 e. The monoisotopic (exact) mass is 226 g/mol. The van der Waals surface area contributed by atoms with Crippen LogP contribution in [0.15, 0.2) is 0 Å². The van der Waals surface area contributed by atoms with Gasteiger partial charge in [-0.1, -0.05) is 6.92 Å². The lowest BCUT2D eigenvalue weighted by atomic mass is 9.80. The van der Waals surface area contributed by atoms with E-state index in [0.29, 0.717) is 5.41 Å². The van der Waals surface area contributed by atoms with Crippen LogP contribution >= 0.6 is 0 Å². The molecule has 3 nitrogen and oxygen atoms in total. The Morgan fingerprint density at radius 3 is 2.62 bits per heavy atom. The van der Waals surface area contributed by atoms with Gasteiger partial charge in [-0.25, -0.2) is 0 Å². The Morgan fingerprint density at radius 2 is 2.06 bits per heavy atom. The van der Waals surface area contributed by atoms with E-state index in [1.165, 1.54) is 12.8 Å². The van der Waals surface area contributed by atoms with Crippen molar-refractivity contribution in [1.82, 2.24) is 5.32 Å². The molecule has 2 aliphatic rings. The predicted molar refractivity (Wildman–Crippen MR) is 66.3 cm³/mol. The summed E-state index contributed by atoms with van der Waals surface area (Å²) >= 11 is 0. The average molecular weight is 226 g/mol. The Kier molecular flexibility index (Phi) is 4.22. The molecular weight excluding hydrogens is 200 g/mol. The highest BCUT2D eigenvalue weighted by molar-refractivity contribution is 4.86. The van der Waals surface area contributed by atoms with Gasteiger partial charge in [0, 0.05) is 19.8 Å². The summed E-state index contributed by atoms with van der Waals surface area (Å²) in [5.74, 6) is 1.84. The highest BCUT2D eigenvalue weighted by Crippen LogP contribution is 2.36. The number of hydrogen-bond acceptors (Lipinski definition) is 3. The van der Waals surface area contributed by atoms with Gasteiger partial charge in [-0.3, -0.25) is 0 Å². The van der Waals surface area contributed by atoms with E-state index in [1.807, 2.05) is 0 Å². The van der Waals surface area contributed by atoms with Crippen molar-refractivity contribution in [3.05, 3.63) is 0 Å². The Bertz CT molecular complexity index is 210. The molecule has 1 unspecified atom stereocenters. The maximum atomic E-state index is 5.93. The maximum Gasteiger partial charge on any atom is 0.0472 e. The number of hydrogen-bond donors (Lipinski definition) is 2. The van der Waals surface area contributed by atoms with Crippen molar-refractivity contribution in [3.63, 3.8) is 0 Å². The number of nitrogens with two attached hydrogens (primary N) is 1. The fourth-order valence-electron chi connectivity index (χ4n) is 2.65. The summed E-state index contributed by atoms with van der Waals surface area (Å²) in [6.45, 7) is 7.16. The van der Waals surface area contributed by atoms with E-state index in [2.05, 4.69) is 12.2 Å². The molecule has 3 N–H and O–H groups in total. The summed E-state index contributed by atoms with van der Waals surface area (Å²) in [6, 6.07) is 0. The second-order valence-corrected chi connectivity index (χ2v) is 5.76. The van der Waals surface area contributed by atoms with E-state index >= 15 is 0 Å². The molecular formula is C13H26N2O. The van der Waals surface area contributed by atoms with E-state index in [4.69, 9.17) is 10.5 Å². The van der Waals surface area contributed by atoms with Gasteiger partial charge in [0.2, 0.25) is 0 Å². The first-order valence-electron chi connectivity index (χ1n) is 6.74. The molecule has 0 amide bonds. The van der Waals surface area contributed by atoms with Crippen molar-refractivity contribution >= 4 is 0 Å². The topological polar surface area (TPSA) is 47.3 Å². The summed E-state index contributed by atoms with van der Waals surface area (Å²) in [7, 11) is 0. The van der Waals surface area contributed by atoms with Crippen LogP contribution in [0.4, 0.5) is 0 Å². The average Bonchev–Trinajstić information content (AvgIpc) is 3.14. The molecule has 1 saturated carbocycles. The van der Waals surface area contributed by atoms with Crippen LogP contribution in [0.3, 0.4) is 0 Å². The van der Waals surface area contributed by atoms with Crippen molar-refractivity contribution in [2.75, 3.05) is 32.8 Å². The number of nitrogens with one attached hydrogen (secondary N) is 1. The van der Waals surface area contributed by atoms with E-state index < -0.39 is 0 Å². The van der Waals surface area contributed by atoms with E-state index in [-0.39, 0.29) is 0 Å². The van der Waals surface area contributed by atoms with Crippen LogP contribution in [-0.4, -0.2) is 32.8 Å². The zero-order valence-corrected chi connectivity index (χ0v) is 10.5. The third-order valence-electron chi connectivity index (χ3n) is 4.38. The summed E-state index contributed by atoms with van der Waals surface area (Å²) in [5.41, 5.74) is 6.24. The number of rotatable bonds is 6. The van der Waals surface area contributed by atoms with Gasteiger partial charge in [0.05, 0.1) is 0 Å². The number of ether oxygens (including phenoxy) is 1. The van der Waals surface area contributed by atoms with Crippen molar-refractivity contribution < 1.29 is 4.74 Å². The second kappa shape index (κ2) is 5.48. The van der Waals surface area contributed by atoms with Gasteiger partial charge in [-0.2, -0.15) is 0 Å². The van der Waals surface area contributed by atoms with Crippen LogP contribution in [0.25, 0.3) is 0 Å². The van der Waals surface area contributed by atoms with Crippen LogP contribution in [0.2, 0.25) is 0 Å². The molecule has 1 heterocycles. The molecule has 1 saturated heterocycles. The first kappa shape index (κ1) is 12.3. The lowest BCUT2D eigenvalue weighted by molar-refractivity contribution is 0.0189. The molecule has 94 valence electrons. The minimum Gasteiger partial charge on any atom is -0.381 e. The highest BCUT2D eigenvalue weighted by atomic mass is 16.5.